The quantitative estimate of drug-likeness (QED) is 0.836. The Morgan fingerprint density at radius 2 is 2.05 bits per heavy atom. The maximum absolute atomic E-state index is 12.2. The Morgan fingerprint density at radius 3 is 2.75 bits per heavy atom. The highest BCUT2D eigenvalue weighted by molar-refractivity contribution is 6.05. The molecule has 2 rings (SSSR count). The summed E-state index contributed by atoms with van der Waals surface area (Å²) in [5, 5.41) is 11.7. The molecule has 5 heteroatoms. The van der Waals surface area contributed by atoms with Gasteiger partial charge >= 0.3 is 0 Å². The topological polar surface area (TPSA) is 88.1 Å². The minimum Gasteiger partial charge on any atom is -0.497 e. The van der Waals surface area contributed by atoms with Gasteiger partial charge in [-0.15, -0.1) is 0 Å². The standard InChI is InChI=1S/C15H13N3O2/c1-20-13-7-11(6-12(17)8-13)15(19)18-14-5-3-2-4-10(14)9-16/h2-8H,17H2,1H3,(H,18,19). The minimum absolute atomic E-state index is 0.349. The van der Waals surface area contributed by atoms with Crippen molar-refractivity contribution in [2.75, 3.05) is 18.2 Å². The van der Waals surface area contributed by atoms with Crippen LogP contribution < -0.4 is 15.8 Å². The number of hydrogen-bond acceptors (Lipinski definition) is 4. The summed E-state index contributed by atoms with van der Waals surface area (Å²) < 4.78 is 5.07. The number of nitrogens with one attached hydrogen (secondary N) is 1. The monoisotopic (exact) mass is 267 g/mol. The second-order valence-electron chi connectivity index (χ2n) is 4.11. The van der Waals surface area contributed by atoms with Crippen LogP contribution in [0.25, 0.3) is 0 Å². The van der Waals surface area contributed by atoms with Gasteiger partial charge in [-0.05, 0) is 24.3 Å². The molecule has 0 radical (unpaired) electrons. The van der Waals surface area contributed by atoms with Crippen LogP contribution in [0, 0.1) is 11.3 Å². The first kappa shape index (κ1) is 13.4. The Balaban J connectivity index is 2.29. The molecule has 0 bridgehead atoms. The van der Waals surface area contributed by atoms with Crippen molar-refractivity contribution in [2.45, 2.75) is 0 Å². The van der Waals surface area contributed by atoms with Gasteiger partial charge in [-0.3, -0.25) is 4.79 Å². The summed E-state index contributed by atoms with van der Waals surface area (Å²) in [6.45, 7) is 0. The number of carbonyl (C=O) groups is 1. The number of nitriles is 1. The zero-order valence-electron chi connectivity index (χ0n) is 10.9. The molecule has 3 N–H and O–H groups in total. The summed E-state index contributed by atoms with van der Waals surface area (Å²) in [4.78, 5) is 12.2. The number of nitrogen functional groups attached to an aromatic ring is 1. The lowest BCUT2D eigenvalue weighted by molar-refractivity contribution is 0.102. The number of nitrogens with two attached hydrogens (primary N) is 1. The van der Waals surface area contributed by atoms with Crippen molar-refractivity contribution >= 4 is 17.3 Å². The Bertz CT molecular complexity index is 690. The van der Waals surface area contributed by atoms with E-state index in [0.717, 1.165) is 0 Å². The maximum atomic E-state index is 12.2. The third kappa shape index (κ3) is 2.87. The summed E-state index contributed by atoms with van der Waals surface area (Å²) >= 11 is 0. The molecule has 5 nitrogen and oxygen atoms in total. The van der Waals surface area contributed by atoms with E-state index in [-0.39, 0.29) is 5.91 Å². The average Bonchev–Trinajstić information content (AvgIpc) is 2.47. The number of carbonyl (C=O) groups excluding carboxylic acids is 1. The van der Waals surface area contributed by atoms with Crippen molar-refractivity contribution in [3.8, 4) is 11.8 Å². The van der Waals surface area contributed by atoms with Crippen LogP contribution in [-0.4, -0.2) is 13.0 Å². The fraction of sp³-hybridized carbons (Fsp3) is 0.0667. The molecule has 2 aromatic rings. The number of rotatable bonds is 3. The van der Waals surface area contributed by atoms with Gasteiger partial charge in [0, 0.05) is 17.3 Å². The number of methoxy groups -OCH3 is 1. The highest BCUT2D eigenvalue weighted by Gasteiger charge is 2.10. The van der Waals surface area contributed by atoms with Crippen LogP contribution >= 0.6 is 0 Å². The van der Waals surface area contributed by atoms with Crippen LogP contribution in [0.2, 0.25) is 0 Å². The van der Waals surface area contributed by atoms with E-state index in [0.29, 0.717) is 28.3 Å². The molecule has 1 amide bonds. The fourth-order valence-electron chi connectivity index (χ4n) is 1.76. The molecule has 0 aliphatic rings. The summed E-state index contributed by atoms with van der Waals surface area (Å²) in [5.41, 5.74) is 7.37. The van der Waals surface area contributed by atoms with Gasteiger partial charge in [-0.1, -0.05) is 12.1 Å². The molecule has 0 aliphatic heterocycles. The smallest absolute Gasteiger partial charge is 0.255 e. The first-order valence-electron chi connectivity index (χ1n) is 5.89. The van der Waals surface area contributed by atoms with Gasteiger partial charge in [0.05, 0.1) is 18.4 Å². The van der Waals surface area contributed by atoms with Gasteiger partial charge in [0.15, 0.2) is 0 Å². The highest BCUT2D eigenvalue weighted by Crippen LogP contribution is 2.20. The molecule has 0 atom stereocenters. The van der Waals surface area contributed by atoms with E-state index in [2.05, 4.69) is 5.32 Å². The predicted molar refractivity (Wildman–Crippen MR) is 76.5 cm³/mol. The number of para-hydroxylation sites is 1. The normalized spacial score (nSPS) is 9.60. The summed E-state index contributed by atoms with van der Waals surface area (Å²) in [7, 11) is 1.50. The largest absolute Gasteiger partial charge is 0.497 e. The van der Waals surface area contributed by atoms with Crippen molar-refractivity contribution in [2.24, 2.45) is 0 Å². The fourth-order valence-corrected chi connectivity index (χ4v) is 1.76. The molecule has 0 aliphatic carbocycles. The van der Waals surface area contributed by atoms with E-state index in [4.69, 9.17) is 15.7 Å². The third-order valence-corrected chi connectivity index (χ3v) is 2.72. The van der Waals surface area contributed by atoms with Gasteiger partial charge in [-0.25, -0.2) is 0 Å². The Labute approximate surface area is 116 Å². The van der Waals surface area contributed by atoms with Crippen LogP contribution in [0.5, 0.6) is 5.75 Å². The summed E-state index contributed by atoms with van der Waals surface area (Å²) in [5.74, 6) is 0.155. The minimum atomic E-state index is -0.349. The van der Waals surface area contributed by atoms with Crippen molar-refractivity contribution in [1.29, 1.82) is 5.26 Å². The van der Waals surface area contributed by atoms with Gasteiger partial charge in [0.2, 0.25) is 0 Å². The number of nitrogens with zero attached hydrogens (tertiary/aromatic N) is 1. The average molecular weight is 267 g/mol. The number of amides is 1. The third-order valence-electron chi connectivity index (χ3n) is 2.72. The van der Waals surface area contributed by atoms with Crippen molar-refractivity contribution in [3.05, 3.63) is 53.6 Å². The summed E-state index contributed by atoms with van der Waals surface area (Å²) in [6, 6.07) is 13.6. The molecule has 0 heterocycles. The zero-order valence-corrected chi connectivity index (χ0v) is 10.9. The second kappa shape index (κ2) is 5.76. The lowest BCUT2D eigenvalue weighted by atomic mass is 10.1. The van der Waals surface area contributed by atoms with E-state index in [1.54, 1.807) is 42.5 Å². The zero-order chi connectivity index (χ0) is 14.5. The van der Waals surface area contributed by atoms with Gasteiger partial charge in [0.1, 0.15) is 11.8 Å². The number of benzene rings is 2. The van der Waals surface area contributed by atoms with E-state index >= 15 is 0 Å². The van der Waals surface area contributed by atoms with Crippen molar-refractivity contribution in [3.63, 3.8) is 0 Å². The van der Waals surface area contributed by atoms with Crippen LogP contribution in [0.4, 0.5) is 11.4 Å². The molecular weight excluding hydrogens is 254 g/mol. The van der Waals surface area contributed by atoms with E-state index in [9.17, 15) is 4.79 Å². The SMILES string of the molecule is COc1cc(N)cc(C(=O)Nc2ccccc2C#N)c1. The Morgan fingerprint density at radius 1 is 1.30 bits per heavy atom. The molecule has 0 saturated carbocycles. The van der Waals surface area contributed by atoms with Gasteiger partial charge in [0.25, 0.3) is 5.91 Å². The molecule has 2 aromatic carbocycles. The summed E-state index contributed by atoms with van der Waals surface area (Å²) in [6.07, 6.45) is 0. The second-order valence-corrected chi connectivity index (χ2v) is 4.11. The van der Waals surface area contributed by atoms with Crippen LogP contribution in [-0.2, 0) is 0 Å². The van der Waals surface area contributed by atoms with Crippen LogP contribution in [0.1, 0.15) is 15.9 Å². The lowest BCUT2D eigenvalue weighted by Gasteiger charge is -2.09. The first-order valence-corrected chi connectivity index (χ1v) is 5.89. The molecular formula is C15H13N3O2. The Hall–Kier alpha value is -3.00. The van der Waals surface area contributed by atoms with Crippen molar-refractivity contribution < 1.29 is 9.53 Å². The molecule has 0 unspecified atom stereocenters. The molecule has 0 saturated heterocycles. The highest BCUT2D eigenvalue weighted by atomic mass is 16.5. The molecule has 100 valence electrons. The molecule has 0 spiro atoms. The Kier molecular flexibility index (Phi) is 3.87. The molecule has 0 aromatic heterocycles. The maximum Gasteiger partial charge on any atom is 0.255 e. The number of ether oxygens (including phenoxy) is 1. The van der Waals surface area contributed by atoms with E-state index < -0.39 is 0 Å². The predicted octanol–water partition coefficient (Wildman–Crippen LogP) is 2.40. The number of hydrogen-bond donors (Lipinski definition) is 2. The van der Waals surface area contributed by atoms with Gasteiger partial charge < -0.3 is 15.8 Å². The van der Waals surface area contributed by atoms with Gasteiger partial charge in [-0.2, -0.15) is 5.26 Å². The molecule has 20 heavy (non-hydrogen) atoms. The van der Waals surface area contributed by atoms with Crippen molar-refractivity contribution in [1.82, 2.24) is 0 Å². The number of anilines is 2. The van der Waals surface area contributed by atoms with Crippen LogP contribution in [0.15, 0.2) is 42.5 Å². The first-order chi connectivity index (χ1) is 9.63. The molecule has 0 fully saturated rings. The van der Waals surface area contributed by atoms with E-state index in [1.165, 1.54) is 7.11 Å². The lowest BCUT2D eigenvalue weighted by Crippen LogP contribution is -2.13. The van der Waals surface area contributed by atoms with E-state index in [1.807, 2.05) is 6.07 Å². The van der Waals surface area contributed by atoms with Crippen LogP contribution in [0.3, 0.4) is 0 Å².